The number of alkyl halides is 1. The van der Waals surface area contributed by atoms with Crippen molar-refractivity contribution in [2.24, 2.45) is 5.92 Å². The lowest BCUT2D eigenvalue weighted by Gasteiger charge is -2.13. The normalized spacial score (nSPS) is 12.5. The van der Waals surface area contributed by atoms with Gasteiger partial charge in [-0.25, -0.2) is 0 Å². The monoisotopic (exact) mass is 227 g/mol. The van der Waals surface area contributed by atoms with Gasteiger partial charge in [-0.3, -0.25) is 4.98 Å². The van der Waals surface area contributed by atoms with Crippen LogP contribution in [0.25, 0.3) is 0 Å². The molecule has 0 radical (unpaired) electrons. The Bertz CT molecular complexity index is 314. The summed E-state index contributed by atoms with van der Waals surface area (Å²) >= 11 is 5.72. The minimum Gasteiger partial charge on any atom is -0.491 e. The molecule has 1 atom stereocenters. The Morgan fingerprint density at radius 1 is 1.47 bits per heavy atom. The van der Waals surface area contributed by atoms with Gasteiger partial charge in [-0.1, -0.05) is 13.8 Å². The van der Waals surface area contributed by atoms with Gasteiger partial charge < -0.3 is 4.74 Å². The largest absolute Gasteiger partial charge is 0.491 e. The van der Waals surface area contributed by atoms with Gasteiger partial charge in [-0.15, -0.1) is 11.6 Å². The van der Waals surface area contributed by atoms with Crippen molar-refractivity contribution in [3.8, 4) is 5.75 Å². The molecular formula is C12H18ClNO. The number of ether oxygens (including phenoxy) is 1. The zero-order valence-corrected chi connectivity index (χ0v) is 10.3. The van der Waals surface area contributed by atoms with E-state index in [1.54, 1.807) is 0 Å². The first-order valence-electron chi connectivity index (χ1n) is 5.32. The molecule has 0 saturated carbocycles. The molecule has 1 aromatic rings. The van der Waals surface area contributed by atoms with Crippen molar-refractivity contribution in [3.05, 3.63) is 23.5 Å². The van der Waals surface area contributed by atoms with E-state index in [4.69, 9.17) is 16.3 Å². The lowest BCUT2D eigenvalue weighted by molar-refractivity contribution is 0.269. The summed E-state index contributed by atoms with van der Waals surface area (Å²) in [7, 11) is 0. The van der Waals surface area contributed by atoms with Gasteiger partial charge in [-0.2, -0.15) is 0 Å². The van der Waals surface area contributed by atoms with Crippen LogP contribution in [0.3, 0.4) is 0 Å². The first kappa shape index (κ1) is 12.3. The molecule has 0 N–H and O–H groups in total. The number of rotatable bonds is 5. The molecule has 1 heterocycles. The minimum atomic E-state index is 0.373. The number of aryl methyl sites for hydroxylation is 2. The van der Waals surface area contributed by atoms with Crippen molar-refractivity contribution in [1.29, 1.82) is 0 Å². The lowest BCUT2D eigenvalue weighted by atomic mass is 10.2. The second-order valence-electron chi connectivity index (χ2n) is 3.82. The molecule has 0 spiro atoms. The van der Waals surface area contributed by atoms with Crippen LogP contribution in [0.1, 0.15) is 25.2 Å². The maximum atomic E-state index is 5.72. The van der Waals surface area contributed by atoms with Gasteiger partial charge in [0, 0.05) is 17.5 Å². The van der Waals surface area contributed by atoms with E-state index in [-0.39, 0.29) is 0 Å². The predicted octanol–water partition coefficient (Wildman–Crippen LogP) is 3.21. The Morgan fingerprint density at radius 3 is 2.80 bits per heavy atom. The van der Waals surface area contributed by atoms with E-state index in [1.165, 1.54) is 0 Å². The smallest absolute Gasteiger partial charge is 0.140 e. The lowest BCUT2D eigenvalue weighted by Crippen LogP contribution is -2.11. The molecule has 1 unspecified atom stereocenters. The summed E-state index contributed by atoms with van der Waals surface area (Å²) in [4.78, 5) is 4.44. The Hall–Kier alpha value is -0.760. The van der Waals surface area contributed by atoms with Gasteiger partial charge in [0.05, 0.1) is 12.3 Å². The number of halogens is 1. The number of hydrogen-bond acceptors (Lipinski definition) is 2. The van der Waals surface area contributed by atoms with Gasteiger partial charge in [0.2, 0.25) is 0 Å². The first-order valence-corrected chi connectivity index (χ1v) is 5.86. The Morgan fingerprint density at radius 2 is 2.20 bits per heavy atom. The maximum absolute atomic E-state index is 5.72. The third-order valence-corrected chi connectivity index (χ3v) is 2.72. The molecular weight excluding hydrogens is 210 g/mol. The Balaban J connectivity index is 2.67. The minimum absolute atomic E-state index is 0.373. The van der Waals surface area contributed by atoms with E-state index in [2.05, 4.69) is 18.8 Å². The molecule has 0 aliphatic heterocycles. The molecule has 15 heavy (non-hydrogen) atoms. The summed E-state index contributed by atoms with van der Waals surface area (Å²) in [5, 5.41) is 0. The van der Waals surface area contributed by atoms with Gasteiger partial charge >= 0.3 is 0 Å². The quantitative estimate of drug-likeness (QED) is 0.721. The number of hydrogen-bond donors (Lipinski definition) is 0. The molecule has 0 saturated heterocycles. The van der Waals surface area contributed by atoms with Crippen LogP contribution in [0, 0.1) is 12.8 Å². The van der Waals surface area contributed by atoms with Crippen LogP contribution < -0.4 is 4.74 Å². The summed E-state index contributed by atoms with van der Waals surface area (Å²) in [5.41, 5.74) is 2.06. The SMILES string of the molecule is CCc1nc(C)ccc1OCC(C)CCl. The van der Waals surface area contributed by atoms with Crippen LogP contribution in [0.5, 0.6) is 5.75 Å². The fourth-order valence-electron chi connectivity index (χ4n) is 1.26. The molecule has 3 heteroatoms. The molecule has 1 aromatic heterocycles. The molecule has 0 fully saturated rings. The van der Waals surface area contributed by atoms with E-state index in [9.17, 15) is 0 Å². The molecule has 0 bridgehead atoms. The predicted molar refractivity (Wildman–Crippen MR) is 63.7 cm³/mol. The summed E-state index contributed by atoms with van der Waals surface area (Å²) in [6.07, 6.45) is 0.895. The summed E-state index contributed by atoms with van der Waals surface area (Å²) in [5.74, 6) is 1.89. The van der Waals surface area contributed by atoms with Crippen LogP contribution in [0.4, 0.5) is 0 Å². The van der Waals surface area contributed by atoms with Gasteiger partial charge in [0.15, 0.2) is 0 Å². The van der Waals surface area contributed by atoms with Crippen LogP contribution in [-0.4, -0.2) is 17.5 Å². The molecule has 1 rings (SSSR count). The highest BCUT2D eigenvalue weighted by molar-refractivity contribution is 6.18. The van der Waals surface area contributed by atoms with E-state index < -0.39 is 0 Å². The third kappa shape index (κ3) is 3.71. The number of pyridine rings is 1. The zero-order valence-electron chi connectivity index (χ0n) is 9.59. The van der Waals surface area contributed by atoms with Crippen molar-refractivity contribution in [3.63, 3.8) is 0 Å². The van der Waals surface area contributed by atoms with Crippen LogP contribution >= 0.6 is 11.6 Å². The van der Waals surface area contributed by atoms with Gasteiger partial charge in [0.1, 0.15) is 5.75 Å². The molecule has 0 amide bonds. The van der Waals surface area contributed by atoms with Crippen LogP contribution in [0.2, 0.25) is 0 Å². The molecule has 0 aromatic carbocycles. The zero-order chi connectivity index (χ0) is 11.3. The fourth-order valence-corrected chi connectivity index (χ4v) is 1.35. The third-order valence-electron chi connectivity index (χ3n) is 2.19. The highest BCUT2D eigenvalue weighted by Crippen LogP contribution is 2.18. The highest BCUT2D eigenvalue weighted by atomic mass is 35.5. The second kappa shape index (κ2) is 5.96. The van der Waals surface area contributed by atoms with E-state index >= 15 is 0 Å². The van der Waals surface area contributed by atoms with E-state index in [0.717, 1.165) is 23.6 Å². The number of nitrogens with zero attached hydrogens (tertiary/aromatic N) is 1. The standard InChI is InChI=1S/C12H18ClNO/c1-4-11-12(6-5-10(3)14-11)15-8-9(2)7-13/h5-6,9H,4,7-8H2,1-3H3. The second-order valence-corrected chi connectivity index (χ2v) is 4.13. The molecule has 0 aliphatic rings. The molecule has 2 nitrogen and oxygen atoms in total. The van der Waals surface area contributed by atoms with E-state index in [0.29, 0.717) is 18.4 Å². The average molecular weight is 228 g/mol. The van der Waals surface area contributed by atoms with Crippen molar-refractivity contribution in [2.75, 3.05) is 12.5 Å². The fraction of sp³-hybridized carbons (Fsp3) is 0.583. The van der Waals surface area contributed by atoms with Crippen LogP contribution in [0.15, 0.2) is 12.1 Å². The summed E-state index contributed by atoms with van der Waals surface area (Å²) in [6, 6.07) is 3.96. The van der Waals surface area contributed by atoms with E-state index in [1.807, 2.05) is 19.1 Å². The Kier molecular flexibility index (Phi) is 4.89. The van der Waals surface area contributed by atoms with Gasteiger partial charge in [0.25, 0.3) is 0 Å². The highest BCUT2D eigenvalue weighted by Gasteiger charge is 2.06. The van der Waals surface area contributed by atoms with Crippen LogP contribution in [-0.2, 0) is 6.42 Å². The summed E-state index contributed by atoms with van der Waals surface area (Å²) < 4.78 is 5.69. The van der Waals surface area contributed by atoms with Gasteiger partial charge in [-0.05, 0) is 25.5 Å². The average Bonchev–Trinajstić information content (AvgIpc) is 2.26. The van der Waals surface area contributed by atoms with Crippen molar-refractivity contribution < 1.29 is 4.74 Å². The Labute approximate surface area is 96.6 Å². The first-order chi connectivity index (χ1) is 7.17. The maximum Gasteiger partial charge on any atom is 0.140 e. The van der Waals surface area contributed by atoms with Crippen molar-refractivity contribution in [2.45, 2.75) is 27.2 Å². The topological polar surface area (TPSA) is 22.1 Å². The number of aromatic nitrogens is 1. The molecule has 0 aliphatic carbocycles. The summed E-state index contributed by atoms with van der Waals surface area (Å²) in [6.45, 7) is 6.80. The molecule has 84 valence electrons. The van der Waals surface area contributed by atoms with Crippen molar-refractivity contribution >= 4 is 11.6 Å². The van der Waals surface area contributed by atoms with Crippen molar-refractivity contribution in [1.82, 2.24) is 4.98 Å².